The molecule has 0 bridgehead atoms. The summed E-state index contributed by atoms with van der Waals surface area (Å²) in [5.41, 5.74) is 4.66. The zero-order valence-electron chi connectivity index (χ0n) is 22.2. The van der Waals surface area contributed by atoms with E-state index in [0.717, 1.165) is 53.7 Å². The van der Waals surface area contributed by atoms with Gasteiger partial charge in [0.1, 0.15) is 5.75 Å². The number of allylic oxidation sites excluding steroid dienone is 1. The summed E-state index contributed by atoms with van der Waals surface area (Å²) in [5, 5.41) is 20.3. The molecular weight excluding hydrogens is 492 g/mol. The lowest BCUT2D eigenvalue weighted by molar-refractivity contribution is -0.143. The Morgan fingerprint density at radius 2 is 1.90 bits per heavy atom. The maximum Gasteiger partial charge on any atom is 0.234 e. The summed E-state index contributed by atoms with van der Waals surface area (Å²) < 4.78 is 6.32. The lowest BCUT2D eigenvalue weighted by Gasteiger charge is -2.31. The minimum atomic E-state index is -0.382. The Morgan fingerprint density at radius 3 is 2.64 bits per heavy atom. The number of amides is 2. The number of aromatic nitrogens is 1. The van der Waals surface area contributed by atoms with Crippen LogP contribution >= 0.6 is 0 Å². The predicted molar refractivity (Wildman–Crippen MR) is 147 cm³/mol. The van der Waals surface area contributed by atoms with E-state index >= 15 is 0 Å². The second-order valence-corrected chi connectivity index (χ2v) is 11.3. The third-order valence-corrected chi connectivity index (χ3v) is 9.05. The number of hydrogen-bond donors (Lipinski definition) is 2. The number of carbonyl (C=O) groups excluding carboxylic acids is 2. The fourth-order valence-corrected chi connectivity index (χ4v) is 7.27. The lowest BCUT2D eigenvalue weighted by atomic mass is 9.69. The van der Waals surface area contributed by atoms with Crippen LogP contribution in [-0.4, -0.2) is 57.3 Å². The van der Waals surface area contributed by atoms with E-state index in [9.17, 15) is 19.8 Å². The van der Waals surface area contributed by atoms with Crippen LogP contribution in [0.25, 0.3) is 11.6 Å². The number of aliphatic hydroxyl groups is 1. The molecule has 2 N–H and O–H groups in total. The summed E-state index contributed by atoms with van der Waals surface area (Å²) in [6.45, 7) is 0.281. The fourth-order valence-electron chi connectivity index (χ4n) is 7.27. The Bertz CT molecular complexity index is 1300. The van der Waals surface area contributed by atoms with Crippen LogP contribution < -0.4 is 0 Å². The Kier molecular flexibility index (Phi) is 7.36. The topological polar surface area (TPSA) is 100.0 Å². The highest BCUT2D eigenvalue weighted by molar-refractivity contribution is 6.06. The third kappa shape index (κ3) is 4.94. The van der Waals surface area contributed by atoms with Crippen LogP contribution in [0, 0.1) is 17.8 Å². The van der Waals surface area contributed by atoms with Gasteiger partial charge in [0.05, 0.1) is 36.8 Å². The van der Waals surface area contributed by atoms with Crippen molar-refractivity contribution >= 4 is 23.5 Å². The summed E-state index contributed by atoms with van der Waals surface area (Å²) in [6, 6.07) is 13.0. The molecule has 4 aliphatic rings. The number of hydrogen-bond acceptors (Lipinski definition) is 6. The first-order valence-electron chi connectivity index (χ1n) is 14.3. The second-order valence-electron chi connectivity index (χ2n) is 11.3. The quantitative estimate of drug-likeness (QED) is 0.398. The minimum Gasteiger partial charge on any atom is -0.508 e. The number of ether oxygens (including phenoxy) is 1. The van der Waals surface area contributed by atoms with Crippen LogP contribution in [0.15, 0.2) is 59.8 Å². The van der Waals surface area contributed by atoms with E-state index in [1.807, 2.05) is 36.4 Å². The van der Waals surface area contributed by atoms with Crippen LogP contribution in [-0.2, 0) is 14.3 Å². The molecule has 2 amide bonds. The standard InChI is InChI=1S/C32H36N2O5/c35-18-22-17-25-30(32(38)34(31(25)37)23-8-2-1-3-9-23)26-19-39-28(29(22)26)13-12-21(27-11-4-5-14-33-27)15-20-7-6-10-24(36)16-20/h4-7,10-11,14-16,23,25-26,28,30,35-36H,1-3,8-9,12-13,17-19H2/b21-15-/t25-,26+,28-,30-/m1/s1. The lowest BCUT2D eigenvalue weighted by Crippen LogP contribution is -2.42. The zero-order chi connectivity index (χ0) is 26.9. The normalized spacial score (nSPS) is 27.7. The smallest absolute Gasteiger partial charge is 0.234 e. The van der Waals surface area contributed by atoms with Crippen LogP contribution in [0.4, 0.5) is 0 Å². The van der Waals surface area contributed by atoms with E-state index < -0.39 is 0 Å². The number of benzene rings is 1. The van der Waals surface area contributed by atoms with Crippen LogP contribution in [0.3, 0.4) is 0 Å². The highest BCUT2D eigenvalue weighted by Crippen LogP contribution is 2.50. The van der Waals surface area contributed by atoms with Crippen molar-refractivity contribution in [3.05, 3.63) is 71.1 Å². The van der Waals surface area contributed by atoms with Crippen LogP contribution in [0.1, 0.15) is 62.6 Å². The number of aromatic hydroxyl groups is 1. The second kappa shape index (κ2) is 11.1. The molecule has 7 nitrogen and oxygen atoms in total. The zero-order valence-corrected chi connectivity index (χ0v) is 22.2. The van der Waals surface area contributed by atoms with E-state index in [1.54, 1.807) is 23.2 Å². The van der Waals surface area contributed by atoms with Crippen LogP contribution in [0.5, 0.6) is 5.75 Å². The molecule has 4 atom stereocenters. The van der Waals surface area contributed by atoms with Crippen molar-refractivity contribution < 1.29 is 24.5 Å². The molecule has 3 fully saturated rings. The van der Waals surface area contributed by atoms with Gasteiger partial charge in [-0.1, -0.05) is 37.5 Å². The summed E-state index contributed by atoms with van der Waals surface area (Å²) >= 11 is 0. The SMILES string of the molecule is O=C1[C@@H]2[C@@H](CC(CO)=C3[C@@H](CC/C(=C/c4cccc(O)c4)c4ccccn4)OC[C@@H]32)C(=O)N1C1CCCCC1. The Balaban J connectivity index is 1.24. The number of phenols is 1. The highest BCUT2D eigenvalue weighted by Gasteiger charge is 2.58. The molecule has 1 saturated carbocycles. The molecule has 0 unspecified atom stereocenters. The Morgan fingerprint density at radius 1 is 1.05 bits per heavy atom. The molecule has 7 heteroatoms. The van der Waals surface area contributed by atoms with E-state index in [-0.39, 0.29) is 54.1 Å². The maximum atomic E-state index is 13.7. The fraction of sp³-hybridized carbons (Fsp3) is 0.469. The third-order valence-electron chi connectivity index (χ3n) is 9.05. The first kappa shape index (κ1) is 26.0. The molecule has 1 aromatic carbocycles. The van der Waals surface area contributed by atoms with Gasteiger partial charge in [0.15, 0.2) is 0 Å². The average Bonchev–Trinajstić information content (AvgIpc) is 3.49. The molecule has 2 saturated heterocycles. The number of carbonyl (C=O) groups is 2. The first-order valence-corrected chi connectivity index (χ1v) is 14.3. The number of fused-ring (bicyclic) bond motifs is 3. The number of likely N-dealkylation sites (tertiary alicyclic amines) is 1. The number of aliphatic hydroxyl groups excluding tert-OH is 1. The first-order chi connectivity index (χ1) is 19.0. The van der Waals surface area contributed by atoms with Crippen molar-refractivity contribution in [3.8, 4) is 5.75 Å². The van der Waals surface area contributed by atoms with Crippen molar-refractivity contribution in [2.24, 2.45) is 17.8 Å². The van der Waals surface area contributed by atoms with Gasteiger partial charge in [-0.3, -0.25) is 19.5 Å². The number of pyridine rings is 1. The molecule has 6 rings (SSSR count). The van der Waals surface area contributed by atoms with Crippen molar-refractivity contribution in [3.63, 3.8) is 0 Å². The van der Waals surface area contributed by atoms with Crippen molar-refractivity contribution in [2.75, 3.05) is 13.2 Å². The largest absolute Gasteiger partial charge is 0.508 e. The summed E-state index contributed by atoms with van der Waals surface area (Å²) in [5.74, 6) is -0.788. The van der Waals surface area contributed by atoms with Gasteiger partial charge in [0.25, 0.3) is 0 Å². The molecule has 3 heterocycles. The van der Waals surface area contributed by atoms with Gasteiger partial charge in [-0.15, -0.1) is 0 Å². The molecule has 204 valence electrons. The molecule has 2 aromatic rings. The monoisotopic (exact) mass is 528 g/mol. The van der Waals surface area contributed by atoms with Gasteiger partial charge in [-0.05, 0) is 84.7 Å². The van der Waals surface area contributed by atoms with Gasteiger partial charge in [-0.2, -0.15) is 0 Å². The molecule has 2 aliphatic heterocycles. The average molecular weight is 529 g/mol. The number of nitrogens with zero attached hydrogens (tertiary/aromatic N) is 2. The Hall–Kier alpha value is -3.29. The summed E-state index contributed by atoms with van der Waals surface area (Å²) in [7, 11) is 0. The van der Waals surface area contributed by atoms with Crippen molar-refractivity contribution in [1.82, 2.24) is 9.88 Å². The van der Waals surface area contributed by atoms with E-state index in [2.05, 4.69) is 4.98 Å². The minimum absolute atomic E-state index is 0.0204. The van der Waals surface area contributed by atoms with E-state index in [1.165, 1.54) is 6.42 Å². The highest BCUT2D eigenvalue weighted by atomic mass is 16.5. The Labute approximate surface area is 229 Å². The van der Waals surface area contributed by atoms with E-state index in [0.29, 0.717) is 25.9 Å². The molecule has 0 radical (unpaired) electrons. The van der Waals surface area contributed by atoms with Gasteiger partial charge >= 0.3 is 0 Å². The van der Waals surface area contributed by atoms with Crippen LogP contribution in [0.2, 0.25) is 0 Å². The van der Waals surface area contributed by atoms with E-state index in [4.69, 9.17) is 4.74 Å². The molecule has 39 heavy (non-hydrogen) atoms. The van der Waals surface area contributed by atoms with Crippen molar-refractivity contribution in [1.29, 1.82) is 0 Å². The van der Waals surface area contributed by atoms with Gasteiger partial charge in [-0.25, -0.2) is 0 Å². The molecule has 2 aliphatic carbocycles. The molecule has 1 aromatic heterocycles. The molecular formula is C32H36N2O5. The number of imide groups is 1. The van der Waals surface area contributed by atoms with Crippen molar-refractivity contribution in [2.45, 2.75) is 63.5 Å². The predicted octanol–water partition coefficient (Wildman–Crippen LogP) is 4.75. The number of rotatable bonds is 7. The van der Waals surface area contributed by atoms with Gasteiger partial charge < -0.3 is 14.9 Å². The number of phenolic OH excluding ortho intramolecular Hbond substituents is 1. The van der Waals surface area contributed by atoms with Gasteiger partial charge in [0, 0.05) is 18.2 Å². The maximum absolute atomic E-state index is 13.7. The van der Waals surface area contributed by atoms with Gasteiger partial charge in [0.2, 0.25) is 11.8 Å². The molecule has 0 spiro atoms. The summed E-state index contributed by atoms with van der Waals surface area (Å²) in [4.78, 5) is 33.3. The summed E-state index contributed by atoms with van der Waals surface area (Å²) in [6.07, 6.45) is 10.4.